The van der Waals surface area contributed by atoms with Crippen molar-refractivity contribution >= 4 is 26.5 Å². The molecule has 6 nitrogen and oxygen atoms in total. The molecular weight excluding hydrogens is 396 g/mol. The SMILES string of the molecule is CCOc1ccc(S(=O)(=O)Nc2nc(-c3ccc(OC)c(C)c3)c(C)s2)cc1. The number of aromatic nitrogens is 1. The van der Waals surface area contributed by atoms with Gasteiger partial charge in [0.05, 0.1) is 24.3 Å². The predicted octanol–water partition coefficient (Wildman–Crippen LogP) is 4.64. The Hall–Kier alpha value is -2.58. The Kier molecular flexibility index (Phi) is 5.90. The summed E-state index contributed by atoms with van der Waals surface area (Å²) >= 11 is 1.30. The van der Waals surface area contributed by atoms with Crippen molar-refractivity contribution in [1.29, 1.82) is 0 Å². The smallest absolute Gasteiger partial charge is 0.263 e. The number of nitrogens with one attached hydrogen (secondary N) is 1. The van der Waals surface area contributed by atoms with E-state index in [9.17, 15) is 8.42 Å². The standard InChI is InChI=1S/C20H22N2O4S2/c1-5-26-16-7-9-17(10-8-16)28(23,24)22-20-21-19(14(3)27-20)15-6-11-18(25-4)13(2)12-15/h6-12H,5H2,1-4H3,(H,21,22). The third-order valence-corrected chi connectivity index (χ3v) is 6.50. The Morgan fingerprint density at radius 3 is 2.43 bits per heavy atom. The molecule has 3 aromatic rings. The van der Waals surface area contributed by atoms with Gasteiger partial charge in [-0.1, -0.05) is 0 Å². The lowest BCUT2D eigenvalue weighted by atomic mass is 10.1. The molecule has 0 saturated heterocycles. The molecule has 8 heteroatoms. The normalized spacial score (nSPS) is 11.3. The lowest BCUT2D eigenvalue weighted by Crippen LogP contribution is -2.12. The summed E-state index contributed by atoms with van der Waals surface area (Å²) in [6.07, 6.45) is 0. The van der Waals surface area contributed by atoms with Gasteiger partial charge in [0, 0.05) is 10.4 Å². The molecule has 0 fully saturated rings. The fraction of sp³-hybridized carbons (Fsp3) is 0.250. The minimum Gasteiger partial charge on any atom is -0.496 e. The molecular formula is C20H22N2O4S2. The van der Waals surface area contributed by atoms with Gasteiger partial charge in [0.2, 0.25) is 0 Å². The van der Waals surface area contributed by atoms with Crippen LogP contribution in [-0.2, 0) is 10.0 Å². The Balaban J connectivity index is 1.85. The highest BCUT2D eigenvalue weighted by Gasteiger charge is 2.18. The highest BCUT2D eigenvalue weighted by Crippen LogP contribution is 2.33. The van der Waals surface area contributed by atoms with Gasteiger partial charge in [-0.15, -0.1) is 11.3 Å². The lowest BCUT2D eigenvalue weighted by molar-refractivity contribution is 0.340. The second-order valence-corrected chi connectivity index (χ2v) is 9.00. The summed E-state index contributed by atoms with van der Waals surface area (Å²) in [6.45, 7) is 6.27. The molecule has 0 aliphatic rings. The van der Waals surface area contributed by atoms with Gasteiger partial charge >= 0.3 is 0 Å². The molecule has 148 valence electrons. The molecule has 0 saturated carbocycles. The molecule has 0 aliphatic carbocycles. The number of benzene rings is 2. The fourth-order valence-corrected chi connectivity index (χ4v) is 4.86. The highest BCUT2D eigenvalue weighted by atomic mass is 32.2. The number of ether oxygens (including phenoxy) is 2. The van der Waals surface area contributed by atoms with E-state index in [-0.39, 0.29) is 4.90 Å². The molecule has 0 atom stereocenters. The van der Waals surface area contributed by atoms with Crippen LogP contribution >= 0.6 is 11.3 Å². The quantitative estimate of drug-likeness (QED) is 0.605. The van der Waals surface area contributed by atoms with Gasteiger partial charge in [0.15, 0.2) is 5.13 Å². The number of thiazole rings is 1. The van der Waals surface area contributed by atoms with Crippen molar-refractivity contribution in [3.63, 3.8) is 0 Å². The van der Waals surface area contributed by atoms with Gasteiger partial charge in [-0.05, 0) is 68.8 Å². The van der Waals surface area contributed by atoms with Crippen LogP contribution in [0.5, 0.6) is 11.5 Å². The van der Waals surface area contributed by atoms with E-state index in [1.165, 1.54) is 23.5 Å². The zero-order valence-electron chi connectivity index (χ0n) is 16.1. The largest absolute Gasteiger partial charge is 0.496 e. The Morgan fingerprint density at radius 2 is 1.82 bits per heavy atom. The van der Waals surface area contributed by atoms with Crippen molar-refractivity contribution in [2.75, 3.05) is 18.4 Å². The molecule has 0 amide bonds. The lowest BCUT2D eigenvalue weighted by Gasteiger charge is -2.07. The van der Waals surface area contributed by atoms with Gasteiger partial charge in [0.1, 0.15) is 11.5 Å². The number of rotatable bonds is 7. The molecule has 1 heterocycles. The van der Waals surface area contributed by atoms with Crippen LogP contribution < -0.4 is 14.2 Å². The fourth-order valence-electron chi connectivity index (χ4n) is 2.79. The maximum absolute atomic E-state index is 12.7. The van der Waals surface area contributed by atoms with Crippen LogP contribution in [0.15, 0.2) is 47.4 Å². The molecule has 2 aromatic carbocycles. The Morgan fingerprint density at radius 1 is 1.11 bits per heavy atom. The minimum absolute atomic E-state index is 0.158. The first-order valence-electron chi connectivity index (χ1n) is 8.72. The number of hydrogen-bond acceptors (Lipinski definition) is 6. The second-order valence-electron chi connectivity index (χ2n) is 6.12. The maximum atomic E-state index is 12.7. The van der Waals surface area contributed by atoms with Crippen LogP contribution in [0.4, 0.5) is 5.13 Å². The van der Waals surface area contributed by atoms with E-state index in [1.807, 2.05) is 39.0 Å². The van der Waals surface area contributed by atoms with Crippen LogP contribution in [0, 0.1) is 13.8 Å². The number of hydrogen-bond donors (Lipinski definition) is 1. The molecule has 3 rings (SSSR count). The van der Waals surface area contributed by atoms with Gasteiger partial charge in [-0.2, -0.15) is 0 Å². The number of aryl methyl sites for hydroxylation is 2. The van der Waals surface area contributed by atoms with E-state index in [4.69, 9.17) is 9.47 Å². The van der Waals surface area contributed by atoms with E-state index in [2.05, 4.69) is 9.71 Å². The van der Waals surface area contributed by atoms with Crippen LogP contribution in [0.1, 0.15) is 17.4 Å². The topological polar surface area (TPSA) is 77.5 Å². The van der Waals surface area contributed by atoms with Crippen molar-refractivity contribution < 1.29 is 17.9 Å². The van der Waals surface area contributed by atoms with Crippen molar-refractivity contribution in [2.45, 2.75) is 25.7 Å². The van der Waals surface area contributed by atoms with Crippen LogP contribution in [0.25, 0.3) is 11.3 Å². The zero-order chi connectivity index (χ0) is 20.3. The van der Waals surface area contributed by atoms with Crippen LogP contribution in [0.2, 0.25) is 0 Å². The molecule has 0 unspecified atom stereocenters. The second kappa shape index (κ2) is 8.20. The molecule has 0 spiro atoms. The molecule has 1 aromatic heterocycles. The van der Waals surface area contributed by atoms with Gasteiger partial charge in [0.25, 0.3) is 10.0 Å². The van der Waals surface area contributed by atoms with E-state index >= 15 is 0 Å². The number of methoxy groups -OCH3 is 1. The van der Waals surface area contributed by atoms with Crippen LogP contribution in [-0.4, -0.2) is 27.1 Å². The monoisotopic (exact) mass is 418 g/mol. The van der Waals surface area contributed by atoms with Gasteiger partial charge < -0.3 is 9.47 Å². The molecule has 0 radical (unpaired) electrons. The van der Waals surface area contributed by atoms with E-state index in [1.54, 1.807) is 19.2 Å². The minimum atomic E-state index is -3.73. The van der Waals surface area contributed by atoms with Crippen molar-refractivity contribution in [3.8, 4) is 22.8 Å². The van der Waals surface area contributed by atoms with E-state index < -0.39 is 10.0 Å². The van der Waals surface area contributed by atoms with Crippen LogP contribution in [0.3, 0.4) is 0 Å². The maximum Gasteiger partial charge on any atom is 0.263 e. The number of sulfonamides is 1. The molecule has 1 N–H and O–H groups in total. The summed E-state index contributed by atoms with van der Waals surface area (Å²) < 4.78 is 38.5. The third-order valence-electron chi connectivity index (χ3n) is 4.13. The average molecular weight is 419 g/mol. The van der Waals surface area contributed by atoms with E-state index in [0.29, 0.717) is 17.5 Å². The number of anilines is 1. The van der Waals surface area contributed by atoms with Gasteiger partial charge in [-0.25, -0.2) is 13.4 Å². The average Bonchev–Trinajstić information content (AvgIpc) is 3.02. The first-order chi connectivity index (χ1) is 13.3. The summed E-state index contributed by atoms with van der Waals surface area (Å²) in [5.41, 5.74) is 2.66. The molecule has 28 heavy (non-hydrogen) atoms. The summed E-state index contributed by atoms with van der Waals surface area (Å²) in [6, 6.07) is 12.1. The van der Waals surface area contributed by atoms with E-state index in [0.717, 1.165) is 27.4 Å². The zero-order valence-corrected chi connectivity index (χ0v) is 17.8. The van der Waals surface area contributed by atoms with Crippen molar-refractivity contribution in [1.82, 2.24) is 4.98 Å². The summed E-state index contributed by atoms with van der Waals surface area (Å²) in [4.78, 5) is 5.58. The number of nitrogens with zero attached hydrogens (tertiary/aromatic N) is 1. The third kappa shape index (κ3) is 4.28. The summed E-state index contributed by atoms with van der Waals surface area (Å²) in [7, 11) is -2.10. The predicted molar refractivity (Wildman–Crippen MR) is 112 cm³/mol. The Labute approximate surface area is 169 Å². The van der Waals surface area contributed by atoms with Crippen molar-refractivity contribution in [2.24, 2.45) is 0 Å². The Bertz CT molecular complexity index is 1070. The first-order valence-corrected chi connectivity index (χ1v) is 11.0. The van der Waals surface area contributed by atoms with Crippen molar-refractivity contribution in [3.05, 3.63) is 52.9 Å². The van der Waals surface area contributed by atoms with Gasteiger partial charge in [-0.3, -0.25) is 4.72 Å². The highest BCUT2D eigenvalue weighted by molar-refractivity contribution is 7.93. The summed E-state index contributed by atoms with van der Waals surface area (Å²) in [5, 5.41) is 0.329. The molecule has 0 aliphatic heterocycles. The summed E-state index contributed by atoms with van der Waals surface area (Å²) in [5.74, 6) is 1.43. The first kappa shape index (κ1) is 20.2. The molecule has 0 bridgehead atoms.